The Labute approximate surface area is 190 Å². The molecule has 2 aromatic carbocycles. The highest BCUT2D eigenvalue weighted by atomic mass is 16.5. The van der Waals surface area contributed by atoms with Crippen LogP contribution >= 0.6 is 0 Å². The van der Waals surface area contributed by atoms with E-state index in [0.29, 0.717) is 17.0 Å². The molecule has 4 atom stereocenters. The summed E-state index contributed by atoms with van der Waals surface area (Å²) in [7, 11) is 1.56. The van der Waals surface area contributed by atoms with Gasteiger partial charge in [-0.3, -0.25) is 29.4 Å². The van der Waals surface area contributed by atoms with Crippen molar-refractivity contribution in [2.75, 3.05) is 12.4 Å². The first-order valence-electron chi connectivity index (χ1n) is 10.7. The lowest BCUT2D eigenvalue weighted by Crippen LogP contribution is -2.53. The third-order valence-corrected chi connectivity index (χ3v) is 6.97. The number of nitrogens with two attached hydrogens (primary N) is 1. The van der Waals surface area contributed by atoms with E-state index in [1.54, 1.807) is 37.4 Å². The number of hydrogen-bond acceptors (Lipinski definition) is 6. The minimum absolute atomic E-state index is 0.0658. The number of nitrogens with zero attached hydrogens (tertiary/aromatic N) is 1. The molecule has 0 aromatic heterocycles. The highest BCUT2D eigenvalue weighted by Gasteiger charge is 2.70. The molecule has 2 saturated heterocycles. The minimum Gasteiger partial charge on any atom is -0.497 e. The Kier molecular flexibility index (Phi) is 4.75. The summed E-state index contributed by atoms with van der Waals surface area (Å²) in [6.07, 6.45) is -0.160. The maximum absolute atomic E-state index is 13.7. The molecule has 5 rings (SSSR count). The SMILES string of the molecule is COc1ccc(CN2C(=O)[C@@H]3[C@H](CC(N)=O)N[C@]4(C(=O)Nc5c(C)cccc54)[C@H]3C2=O)cc1. The van der Waals surface area contributed by atoms with Crippen LogP contribution in [-0.2, 0) is 31.3 Å². The predicted octanol–water partition coefficient (Wildman–Crippen LogP) is 0.800. The second-order valence-corrected chi connectivity index (χ2v) is 8.80. The number of methoxy groups -OCH3 is 1. The number of anilines is 1. The lowest BCUT2D eigenvalue weighted by atomic mass is 9.76. The molecule has 0 bridgehead atoms. The number of benzene rings is 2. The van der Waals surface area contributed by atoms with E-state index in [9.17, 15) is 19.2 Å². The van der Waals surface area contributed by atoms with Gasteiger partial charge >= 0.3 is 0 Å². The molecular weight excluding hydrogens is 424 g/mol. The normalized spacial score (nSPS) is 27.6. The van der Waals surface area contributed by atoms with Gasteiger partial charge in [0.05, 0.1) is 25.5 Å². The van der Waals surface area contributed by atoms with Crippen LogP contribution in [-0.4, -0.2) is 41.7 Å². The number of ether oxygens (including phenoxy) is 1. The highest BCUT2D eigenvalue weighted by Crippen LogP contribution is 2.54. The molecule has 9 nitrogen and oxygen atoms in total. The Morgan fingerprint density at radius 3 is 2.52 bits per heavy atom. The fourth-order valence-corrected chi connectivity index (χ4v) is 5.50. The molecule has 0 saturated carbocycles. The summed E-state index contributed by atoms with van der Waals surface area (Å²) in [6.45, 7) is 1.93. The van der Waals surface area contributed by atoms with Gasteiger partial charge in [0, 0.05) is 23.7 Å². The third kappa shape index (κ3) is 2.96. The number of carbonyl (C=O) groups excluding carboxylic acids is 4. The lowest BCUT2D eigenvalue weighted by Gasteiger charge is -2.29. The van der Waals surface area contributed by atoms with Gasteiger partial charge < -0.3 is 15.8 Å². The number of para-hydroxylation sites is 1. The largest absolute Gasteiger partial charge is 0.497 e. The van der Waals surface area contributed by atoms with Crippen molar-refractivity contribution in [2.24, 2.45) is 17.6 Å². The van der Waals surface area contributed by atoms with E-state index < -0.39 is 47.0 Å². The van der Waals surface area contributed by atoms with Gasteiger partial charge in [0.15, 0.2) is 0 Å². The van der Waals surface area contributed by atoms with Crippen LogP contribution < -0.4 is 21.1 Å². The molecule has 0 unspecified atom stereocenters. The van der Waals surface area contributed by atoms with Crippen LogP contribution in [0.4, 0.5) is 5.69 Å². The predicted molar refractivity (Wildman–Crippen MR) is 118 cm³/mol. The monoisotopic (exact) mass is 448 g/mol. The van der Waals surface area contributed by atoms with Crippen LogP contribution in [0.1, 0.15) is 23.1 Å². The smallest absolute Gasteiger partial charge is 0.250 e. The topological polar surface area (TPSA) is 131 Å². The Hall–Kier alpha value is -3.72. The number of hydrogen-bond donors (Lipinski definition) is 3. The molecule has 4 N–H and O–H groups in total. The van der Waals surface area contributed by atoms with E-state index in [0.717, 1.165) is 11.1 Å². The molecular formula is C24H24N4O5. The molecule has 1 spiro atoms. The van der Waals surface area contributed by atoms with E-state index >= 15 is 0 Å². The van der Waals surface area contributed by atoms with Gasteiger partial charge in [-0.1, -0.05) is 30.3 Å². The van der Waals surface area contributed by atoms with Gasteiger partial charge in [-0.15, -0.1) is 0 Å². The summed E-state index contributed by atoms with van der Waals surface area (Å²) >= 11 is 0. The Bertz CT molecular complexity index is 1190. The zero-order valence-electron chi connectivity index (χ0n) is 18.3. The van der Waals surface area contributed by atoms with Gasteiger partial charge in [0.1, 0.15) is 11.3 Å². The van der Waals surface area contributed by atoms with Crippen LogP contribution in [0.5, 0.6) is 5.75 Å². The van der Waals surface area contributed by atoms with E-state index in [1.165, 1.54) is 4.90 Å². The molecule has 3 aliphatic heterocycles. The maximum atomic E-state index is 13.7. The lowest BCUT2D eigenvalue weighted by molar-refractivity contribution is -0.143. The van der Waals surface area contributed by atoms with Crippen molar-refractivity contribution in [3.63, 3.8) is 0 Å². The molecule has 33 heavy (non-hydrogen) atoms. The van der Waals surface area contributed by atoms with E-state index in [4.69, 9.17) is 10.5 Å². The number of fused-ring (bicyclic) bond motifs is 4. The van der Waals surface area contributed by atoms with Gasteiger partial charge in [0.25, 0.3) is 0 Å². The number of carbonyl (C=O) groups is 4. The maximum Gasteiger partial charge on any atom is 0.250 e. The summed E-state index contributed by atoms with van der Waals surface area (Å²) in [5.41, 5.74) is 6.86. The summed E-state index contributed by atoms with van der Waals surface area (Å²) in [5.74, 6) is -3.05. The fraction of sp³-hybridized carbons (Fsp3) is 0.333. The van der Waals surface area contributed by atoms with Gasteiger partial charge in [-0.2, -0.15) is 0 Å². The van der Waals surface area contributed by atoms with E-state index in [-0.39, 0.29) is 13.0 Å². The Balaban J connectivity index is 1.58. The zero-order chi connectivity index (χ0) is 23.5. The number of aryl methyl sites for hydroxylation is 1. The molecule has 3 heterocycles. The number of rotatable bonds is 5. The first-order valence-corrected chi connectivity index (χ1v) is 10.7. The second kappa shape index (κ2) is 7.41. The highest BCUT2D eigenvalue weighted by molar-refractivity contribution is 6.15. The molecule has 2 aromatic rings. The molecule has 9 heteroatoms. The van der Waals surface area contributed by atoms with Crippen molar-refractivity contribution in [2.45, 2.75) is 31.5 Å². The number of likely N-dealkylation sites (tertiary alicyclic amines) is 1. The number of amides is 4. The average molecular weight is 448 g/mol. The standard InChI is InChI=1S/C24H24N4O5/c1-12-4-3-5-15-20(12)26-23(32)24(15)19-18(16(27-24)10-17(25)29)21(30)28(22(19)31)11-13-6-8-14(33-2)9-7-13/h3-9,16,18-19,27H,10-11H2,1-2H3,(H2,25,29)(H,26,32)/t16-,18+,19+,24-/m0/s1. The Morgan fingerprint density at radius 2 is 1.85 bits per heavy atom. The zero-order valence-corrected chi connectivity index (χ0v) is 18.3. The molecule has 170 valence electrons. The first kappa shape index (κ1) is 21.1. The first-order chi connectivity index (χ1) is 15.8. The van der Waals surface area contributed by atoms with E-state index in [1.807, 2.05) is 19.1 Å². The Morgan fingerprint density at radius 1 is 1.12 bits per heavy atom. The third-order valence-electron chi connectivity index (χ3n) is 6.97. The molecule has 3 aliphatic rings. The quantitative estimate of drug-likeness (QED) is 0.580. The minimum atomic E-state index is -1.44. The van der Waals surface area contributed by atoms with Crippen molar-refractivity contribution in [1.29, 1.82) is 0 Å². The van der Waals surface area contributed by atoms with Crippen LogP contribution in [0, 0.1) is 18.8 Å². The summed E-state index contributed by atoms with van der Waals surface area (Å²) in [4.78, 5) is 53.6. The van der Waals surface area contributed by atoms with Crippen LogP contribution in [0.3, 0.4) is 0 Å². The molecule has 0 radical (unpaired) electrons. The van der Waals surface area contributed by atoms with Crippen molar-refractivity contribution in [3.8, 4) is 5.75 Å². The van der Waals surface area contributed by atoms with Crippen LogP contribution in [0.15, 0.2) is 42.5 Å². The number of nitrogens with one attached hydrogen (secondary N) is 2. The van der Waals surface area contributed by atoms with Gasteiger partial charge in [-0.25, -0.2) is 0 Å². The molecule has 0 aliphatic carbocycles. The number of imide groups is 1. The van der Waals surface area contributed by atoms with Crippen molar-refractivity contribution in [1.82, 2.24) is 10.2 Å². The van der Waals surface area contributed by atoms with E-state index in [2.05, 4.69) is 10.6 Å². The molecule has 4 amide bonds. The summed E-state index contributed by atoms with van der Waals surface area (Å²) < 4.78 is 5.17. The fourth-order valence-electron chi connectivity index (χ4n) is 5.50. The summed E-state index contributed by atoms with van der Waals surface area (Å²) in [6, 6.07) is 11.8. The van der Waals surface area contributed by atoms with Crippen LogP contribution in [0.25, 0.3) is 0 Å². The van der Waals surface area contributed by atoms with Crippen molar-refractivity contribution < 1.29 is 23.9 Å². The summed E-state index contributed by atoms with van der Waals surface area (Å²) in [5, 5.41) is 6.08. The van der Waals surface area contributed by atoms with Crippen LogP contribution in [0.2, 0.25) is 0 Å². The average Bonchev–Trinajstić information content (AvgIpc) is 3.35. The molecule has 2 fully saturated rings. The van der Waals surface area contributed by atoms with Crippen molar-refractivity contribution >= 4 is 29.3 Å². The number of primary amides is 1. The van der Waals surface area contributed by atoms with Gasteiger partial charge in [-0.05, 0) is 30.2 Å². The second-order valence-electron chi connectivity index (χ2n) is 8.80. The van der Waals surface area contributed by atoms with Crippen molar-refractivity contribution in [3.05, 3.63) is 59.2 Å². The van der Waals surface area contributed by atoms with Gasteiger partial charge in [0.2, 0.25) is 23.6 Å².